The van der Waals surface area contributed by atoms with Gasteiger partial charge in [-0.1, -0.05) is 119 Å². The number of allylic oxidation sites excluding steroid dienone is 5. The van der Waals surface area contributed by atoms with Crippen LogP contribution in [0.2, 0.25) is 0 Å². The van der Waals surface area contributed by atoms with Crippen LogP contribution in [0.3, 0.4) is 0 Å². The standard InChI is InChI=1S/C42H31N3.2C2H6/c1-29-13-10-11-26-43(38-20-6-2-16-33(29)38)30-14-12-15-31(27-30)44-41-23-9-5-19-36(41)37-28-32(24-25-42(37)44)45-39-21-7-3-17-34(39)35-18-4-8-22-40(35)45;2*1-2/h2-7,9-21,23-28H,1,8,22H2;2*1-2H3/b13-10-,26-11-;;. The van der Waals surface area contributed by atoms with Gasteiger partial charge >= 0.3 is 0 Å². The molecule has 0 fully saturated rings. The monoisotopic (exact) mass is 637 g/mol. The minimum absolute atomic E-state index is 1.00. The number of rotatable bonds is 3. The maximum Gasteiger partial charge on any atom is 0.0542 e. The maximum atomic E-state index is 4.32. The second kappa shape index (κ2) is 13.7. The first kappa shape index (κ1) is 31.8. The van der Waals surface area contributed by atoms with Crippen molar-refractivity contribution in [3.63, 3.8) is 0 Å². The number of fused-ring (bicyclic) bond motifs is 7. The zero-order chi connectivity index (χ0) is 33.9. The van der Waals surface area contributed by atoms with Gasteiger partial charge < -0.3 is 14.0 Å². The van der Waals surface area contributed by atoms with Crippen LogP contribution in [0.25, 0.3) is 55.7 Å². The van der Waals surface area contributed by atoms with E-state index in [9.17, 15) is 0 Å². The van der Waals surface area contributed by atoms with Crippen molar-refractivity contribution in [2.24, 2.45) is 0 Å². The van der Waals surface area contributed by atoms with E-state index in [1.54, 1.807) is 0 Å². The molecule has 1 aliphatic heterocycles. The third-order valence-electron chi connectivity index (χ3n) is 9.28. The summed E-state index contributed by atoms with van der Waals surface area (Å²) in [5.41, 5.74) is 13.1. The van der Waals surface area contributed by atoms with Gasteiger partial charge in [0.15, 0.2) is 0 Å². The molecular formula is C46H43N3. The van der Waals surface area contributed by atoms with Crippen LogP contribution in [0.15, 0.2) is 152 Å². The molecule has 9 rings (SSSR count). The molecular weight excluding hydrogens is 595 g/mol. The highest BCUT2D eigenvalue weighted by Crippen LogP contribution is 2.39. The Bertz CT molecular complexity index is 2410. The van der Waals surface area contributed by atoms with Crippen LogP contribution in [0.1, 0.15) is 50.9 Å². The molecule has 0 unspecified atom stereocenters. The van der Waals surface area contributed by atoms with Gasteiger partial charge in [-0.3, -0.25) is 0 Å². The molecule has 0 radical (unpaired) electrons. The van der Waals surface area contributed by atoms with Crippen molar-refractivity contribution in [3.8, 4) is 11.4 Å². The molecule has 1 aliphatic carbocycles. The zero-order valence-electron chi connectivity index (χ0n) is 28.9. The summed E-state index contributed by atoms with van der Waals surface area (Å²) >= 11 is 0. The molecule has 5 aromatic carbocycles. The number of hydrogen-bond donors (Lipinski definition) is 0. The lowest BCUT2D eigenvalue weighted by Gasteiger charge is -2.25. The van der Waals surface area contributed by atoms with Gasteiger partial charge in [0.25, 0.3) is 0 Å². The predicted octanol–water partition coefficient (Wildman–Crippen LogP) is 13.0. The fourth-order valence-electron chi connectivity index (χ4n) is 7.28. The zero-order valence-corrected chi connectivity index (χ0v) is 28.9. The van der Waals surface area contributed by atoms with Crippen LogP contribution in [-0.4, -0.2) is 9.13 Å². The summed E-state index contributed by atoms with van der Waals surface area (Å²) in [6, 6.07) is 41.9. The van der Waals surface area contributed by atoms with E-state index in [1.165, 1.54) is 49.7 Å². The maximum absolute atomic E-state index is 4.32. The largest absolute Gasteiger partial charge is 0.316 e. The molecule has 3 nitrogen and oxygen atoms in total. The Morgan fingerprint density at radius 1 is 0.551 bits per heavy atom. The van der Waals surface area contributed by atoms with Gasteiger partial charge in [-0.05, 0) is 79.1 Å². The van der Waals surface area contributed by atoms with Gasteiger partial charge in [0.1, 0.15) is 0 Å². The van der Waals surface area contributed by atoms with Gasteiger partial charge in [0, 0.05) is 56.2 Å². The summed E-state index contributed by atoms with van der Waals surface area (Å²) in [4.78, 5) is 2.26. The normalized spacial score (nSPS) is 14.6. The number of hydrogen-bond acceptors (Lipinski definition) is 1. The van der Waals surface area contributed by atoms with Gasteiger partial charge in [0.05, 0.1) is 22.2 Å². The van der Waals surface area contributed by atoms with Crippen LogP contribution in [0.4, 0.5) is 11.4 Å². The SMILES string of the molecule is C=C1/C=C\C=C/N(c2cccc(-n3c4ccccc4c4cc(-n5c6c(c7ccccc75)C=CCC6)ccc43)c2)c2ccccc21.CC.CC. The van der Waals surface area contributed by atoms with Crippen molar-refractivity contribution in [3.05, 3.63) is 169 Å². The van der Waals surface area contributed by atoms with E-state index >= 15 is 0 Å². The summed E-state index contributed by atoms with van der Waals surface area (Å²) in [5.74, 6) is 0. The van der Waals surface area contributed by atoms with Crippen molar-refractivity contribution in [2.45, 2.75) is 40.5 Å². The summed E-state index contributed by atoms with van der Waals surface area (Å²) in [7, 11) is 0. The molecule has 2 aromatic heterocycles. The Labute approximate surface area is 290 Å². The topological polar surface area (TPSA) is 13.1 Å². The van der Waals surface area contributed by atoms with E-state index < -0.39 is 0 Å². The van der Waals surface area contributed by atoms with Crippen LogP contribution in [0, 0.1) is 0 Å². The smallest absolute Gasteiger partial charge is 0.0542 e. The second-order valence-corrected chi connectivity index (χ2v) is 11.8. The fraction of sp³-hybridized carbons (Fsp3) is 0.130. The molecule has 0 amide bonds. The summed E-state index contributed by atoms with van der Waals surface area (Å²) in [6.07, 6.45) is 15.1. The Kier molecular flexibility index (Phi) is 8.91. The van der Waals surface area contributed by atoms with E-state index in [0.29, 0.717) is 0 Å². The highest BCUT2D eigenvalue weighted by molar-refractivity contribution is 6.10. The second-order valence-electron chi connectivity index (χ2n) is 11.8. The van der Waals surface area contributed by atoms with Gasteiger partial charge in [0.2, 0.25) is 0 Å². The molecule has 242 valence electrons. The first-order valence-electron chi connectivity index (χ1n) is 17.6. The Morgan fingerprint density at radius 2 is 1.22 bits per heavy atom. The van der Waals surface area contributed by atoms with Crippen molar-refractivity contribution < 1.29 is 0 Å². The van der Waals surface area contributed by atoms with Crippen molar-refractivity contribution in [1.29, 1.82) is 0 Å². The Balaban J connectivity index is 0.000000914. The van der Waals surface area contributed by atoms with Gasteiger partial charge in [-0.15, -0.1) is 0 Å². The third kappa shape index (κ3) is 5.42. The van der Waals surface area contributed by atoms with Gasteiger partial charge in [-0.25, -0.2) is 0 Å². The quantitative estimate of drug-likeness (QED) is 0.188. The molecule has 2 aliphatic rings. The summed E-state index contributed by atoms with van der Waals surface area (Å²) in [6.45, 7) is 12.3. The summed E-state index contributed by atoms with van der Waals surface area (Å²) < 4.78 is 4.89. The number of anilines is 2. The van der Waals surface area contributed by atoms with E-state index in [1.807, 2.05) is 27.7 Å². The molecule has 3 heteroatoms. The molecule has 49 heavy (non-hydrogen) atoms. The molecule has 0 atom stereocenters. The summed E-state index contributed by atoms with van der Waals surface area (Å²) in [5, 5.41) is 3.83. The number of para-hydroxylation sites is 3. The van der Waals surface area contributed by atoms with E-state index in [0.717, 1.165) is 41.0 Å². The highest BCUT2D eigenvalue weighted by Gasteiger charge is 2.20. The van der Waals surface area contributed by atoms with Crippen LogP contribution in [-0.2, 0) is 6.42 Å². The fourth-order valence-corrected chi connectivity index (χ4v) is 7.28. The molecule has 0 N–H and O–H groups in total. The van der Waals surface area contributed by atoms with Crippen LogP contribution < -0.4 is 4.90 Å². The average Bonchev–Trinajstić information content (AvgIpc) is 3.68. The van der Waals surface area contributed by atoms with Crippen molar-refractivity contribution >= 4 is 55.7 Å². The number of nitrogens with zero attached hydrogens (tertiary/aromatic N) is 3. The van der Waals surface area contributed by atoms with E-state index in [-0.39, 0.29) is 0 Å². The minimum Gasteiger partial charge on any atom is -0.316 e. The van der Waals surface area contributed by atoms with Crippen LogP contribution in [0.5, 0.6) is 0 Å². The van der Waals surface area contributed by atoms with Crippen molar-refractivity contribution in [1.82, 2.24) is 9.13 Å². The molecule has 0 spiro atoms. The average molecular weight is 638 g/mol. The van der Waals surface area contributed by atoms with E-state index in [2.05, 4.69) is 172 Å². The predicted molar refractivity (Wildman–Crippen MR) is 214 cm³/mol. The lowest BCUT2D eigenvalue weighted by Crippen LogP contribution is -2.11. The lowest BCUT2D eigenvalue weighted by atomic mass is 10.0. The number of aromatic nitrogens is 2. The molecule has 0 saturated carbocycles. The van der Waals surface area contributed by atoms with E-state index in [4.69, 9.17) is 0 Å². The molecule has 3 heterocycles. The first-order chi connectivity index (χ1) is 24.3. The lowest BCUT2D eigenvalue weighted by molar-refractivity contribution is 0.889. The molecule has 0 saturated heterocycles. The Morgan fingerprint density at radius 3 is 2.06 bits per heavy atom. The number of benzene rings is 5. The van der Waals surface area contributed by atoms with Gasteiger partial charge in [-0.2, -0.15) is 0 Å². The third-order valence-corrected chi connectivity index (χ3v) is 9.28. The Hall–Kier alpha value is -5.80. The molecule has 0 bridgehead atoms. The highest BCUT2D eigenvalue weighted by atomic mass is 15.1. The van der Waals surface area contributed by atoms with Crippen molar-refractivity contribution in [2.75, 3.05) is 4.90 Å². The first-order valence-corrected chi connectivity index (χ1v) is 17.6. The van der Waals surface area contributed by atoms with Crippen LogP contribution >= 0.6 is 0 Å². The molecule has 7 aromatic rings. The minimum atomic E-state index is 1.00.